The maximum absolute atomic E-state index is 6.25. The molecule has 1 atom stereocenters. The third-order valence-electron chi connectivity index (χ3n) is 3.07. The van der Waals surface area contributed by atoms with E-state index in [1.807, 2.05) is 49.4 Å². The van der Waals surface area contributed by atoms with Gasteiger partial charge in [0.05, 0.1) is 6.61 Å². The van der Waals surface area contributed by atoms with Crippen LogP contribution in [0.15, 0.2) is 46.9 Å². The lowest BCUT2D eigenvalue weighted by atomic mass is 9.99. The Morgan fingerprint density at radius 1 is 1.20 bits per heavy atom. The molecule has 2 N–H and O–H groups in total. The second-order valence-corrected chi connectivity index (χ2v) is 5.87. The lowest BCUT2D eigenvalue weighted by molar-refractivity contribution is 0.340. The summed E-state index contributed by atoms with van der Waals surface area (Å²) in [5.41, 5.74) is 8.38. The zero-order valence-corrected chi connectivity index (χ0v) is 13.6. The first-order valence-electron chi connectivity index (χ1n) is 6.52. The number of hydrogen-bond acceptors (Lipinski definition) is 2. The van der Waals surface area contributed by atoms with E-state index in [0.29, 0.717) is 13.0 Å². The largest absolute Gasteiger partial charge is 0.494 e. The van der Waals surface area contributed by atoms with Gasteiger partial charge in [0.15, 0.2) is 0 Å². The molecule has 2 aromatic rings. The van der Waals surface area contributed by atoms with Crippen molar-refractivity contribution in [3.05, 3.63) is 63.1 Å². The van der Waals surface area contributed by atoms with Crippen molar-refractivity contribution in [2.45, 2.75) is 19.4 Å². The van der Waals surface area contributed by atoms with Crippen molar-refractivity contribution < 1.29 is 4.74 Å². The van der Waals surface area contributed by atoms with Crippen LogP contribution in [-0.4, -0.2) is 6.61 Å². The van der Waals surface area contributed by atoms with Crippen LogP contribution in [0.4, 0.5) is 0 Å². The third kappa shape index (κ3) is 3.98. The van der Waals surface area contributed by atoms with Gasteiger partial charge in [0.1, 0.15) is 5.75 Å². The Bertz CT molecular complexity index is 571. The van der Waals surface area contributed by atoms with Crippen LogP contribution in [0.1, 0.15) is 24.1 Å². The minimum absolute atomic E-state index is 0.0793. The second kappa shape index (κ2) is 7.11. The van der Waals surface area contributed by atoms with Crippen LogP contribution < -0.4 is 10.5 Å². The third-order valence-corrected chi connectivity index (χ3v) is 3.92. The van der Waals surface area contributed by atoms with Gasteiger partial charge < -0.3 is 10.5 Å². The fourth-order valence-corrected chi connectivity index (χ4v) is 2.77. The Balaban J connectivity index is 2.09. The molecular formula is C16H17BrClNO. The first-order chi connectivity index (χ1) is 9.60. The average Bonchev–Trinajstić information content (AvgIpc) is 2.43. The van der Waals surface area contributed by atoms with Crippen molar-refractivity contribution in [2.75, 3.05) is 6.61 Å². The van der Waals surface area contributed by atoms with E-state index in [1.54, 1.807) is 0 Å². The summed E-state index contributed by atoms with van der Waals surface area (Å²) in [6.07, 6.45) is 0.708. The van der Waals surface area contributed by atoms with Crippen LogP contribution in [0.2, 0.25) is 5.02 Å². The van der Waals surface area contributed by atoms with Gasteiger partial charge in [0, 0.05) is 15.5 Å². The van der Waals surface area contributed by atoms with Crippen LogP contribution in [0, 0.1) is 0 Å². The molecule has 2 nitrogen and oxygen atoms in total. The lowest BCUT2D eigenvalue weighted by Crippen LogP contribution is -2.13. The first-order valence-corrected chi connectivity index (χ1v) is 7.69. The number of rotatable bonds is 5. The summed E-state index contributed by atoms with van der Waals surface area (Å²) in [4.78, 5) is 0. The Morgan fingerprint density at radius 2 is 1.90 bits per heavy atom. The number of hydrogen-bond donors (Lipinski definition) is 1. The van der Waals surface area contributed by atoms with Gasteiger partial charge in [-0.15, -0.1) is 0 Å². The normalized spacial score (nSPS) is 12.2. The van der Waals surface area contributed by atoms with E-state index in [4.69, 9.17) is 22.1 Å². The highest BCUT2D eigenvalue weighted by Gasteiger charge is 2.10. The van der Waals surface area contributed by atoms with Crippen molar-refractivity contribution >= 4 is 27.5 Å². The summed E-state index contributed by atoms with van der Waals surface area (Å²) < 4.78 is 6.40. The van der Waals surface area contributed by atoms with Gasteiger partial charge in [-0.3, -0.25) is 0 Å². The lowest BCUT2D eigenvalue weighted by Gasteiger charge is -2.14. The summed E-state index contributed by atoms with van der Waals surface area (Å²) in [5, 5.41) is 0.737. The second-order valence-electron chi connectivity index (χ2n) is 4.55. The Kier molecular flexibility index (Phi) is 5.46. The van der Waals surface area contributed by atoms with Crippen LogP contribution in [0.5, 0.6) is 5.75 Å². The van der Waals surface area contributed by atoms with E-state index in [1.165, 1.54) is 0 Å². The van der Waals surface area contributed by atoms with Gasteiger partial charge in [-0.25, -0.2) is 0 Å². The van der Waals surface area contributed by atoms with Crippen LogP contribution in [-0.2, 0) is 6.42 Å². The van der Waals surface area contributed by atoms with Crippen LogP contribution in [0.25, 0.3) is 0 Å². The number of benzene rings is 2. The molecule has 20 heavy (non-hydrogen) atoms. The van der Waals surface area contributed by atoms with Crippen molar-refractivity contribution in [1.29, 1.82) is 0 Å². The molecule has 0 bridgehead atoms. The molecule has 0 spiro atoms. The summed E-state index contributed by atoms with van der Waals surface area (Å²) in [6, 6.07) is 13.7. The summed E-state index contributed by atoms with van der Waals surface area (Å²) >= 11 is 9.62. The predicted octanol–water partition coefficient (Wildman–Crippen LogP) is 4.74. The highest BCUT2D eigenvalue weighted by Crippen LogP contribution is 2.26. The predicted molar refractivity (Wildman–Crippen MR) is 87.4 cm³/mol. The molecule has 0 aromatic heterocycles. The molecule has 0 saturated carbocycles. The molecule has 106 valence electrons. The highest BCUT2D eigenvalue weighted by atomic mass is 79.9. The van der Waals surface area contributed by atoms with E-state index in [2.05, 4.69) is 15.9 Å². The molecule has 0 amide bonds. The smallest absolute Gasteiger partial charge is 0.119 e. The van der Waals surface area contributed by atoms with Gasteiger partial charge in [-0.1, -0.05) is 45.7 Å². The van der Waals surface area contributed by atoms with Crippen LogP contribution in [0.3, 0.4) is 0 Å². The molecule has 2 aromatic carbocycles. The molecular weight excluding hydrogens is 338 g/mol. The molecule has 0 saturated heterocycles. The zero-order valence-electron chi connectivity index (χ0n) is 11.3. The maximum Gasteiger partial charge on any atom is 0.119 e. The maximum atomic E-state index is 6.25. The summed E-state index contributed by atoms with van der Waals surface area (Å²) in [7, 11) is 0. The molecule has 0 aliphatic rings. The van der Waals surface area contributed by atoms with Crippen molar-refractivity contribution in [3.8, 4) is 5.75 Å². The van der Waals surface area contributed by atoms with E-state index >= 15 is 0 Å². The first kappa shape index (κ1) is 15.4. The van der Waals surface area contributed by atoms with E-state index in [9.17, 15) is 0 Å². The minimum Gasteiger partial charge on any atom is -0.494 e. The van der Waals surface area contributed by atoms with E-state index in [0.717, 1.165) is 26.4 Å². The number of halogens is 2. The van der Waals surface area contributed by atoms with Crippen molar-refractivity contribution in [2.24, 2.45) is 5.73 Å². The van der Waals surface area contributed by atoms with Crippen molar-refractivity contribution in [3.63, 3.8) is 0 Å². The van der Waals surface area contributed by atoms with Gasteiger partial charge in [0.2, 0.25) is 0 Å². The molecule has 4 heteroatoms. The fraction of sp³-hybridized carbons (Fsp3) is 0.250. The number of ether oxygens (including phenoxy) is 1. The monoisotopic (exact) mass is 353 g/mol. The zero-order chi connectivity index (χ0) is 14.5. The Morgan fingerprint density at radius 3 is 2.50 bits per heavy atom. The van der Waals surface area contributed by atoms with Crippen molar-refractivity contribution in [1.82, 2.24) is 0 Å². The molecule has 0 aliphatic carbocycles. The average molecular weight is 355 g/mol. The van der Waals surface area contributed by atoms with Gasteiger partial charge in [-0.05, 0) is 48.7 Å². The fourth-order valence-electron chi connectivity index (χ4n) is 2.02. The number of nitrogens with two attached hydrogens (primary N) is 1. The van der Waals surface area contributed by atoms with Gasteiger partial charge in [-0.2, -0.15) is 0 Å². The standard InChI is InChI=1S/C16H17BrClNO/c1-2-20-14-7-4-11(5-8-14)16(19)9-12-3-6-13(17)10-15(12)18/h3-8,10,16H,2,9,19H2,1H3. The quantitative estimate of drug-likeness (QED) is 0.841. The molecule has 2 rings (SSSR count). The highest BCUT2D eigenvalue weighted by molar-refractivity contribution is 9.10. The molecule has 0 aliphatic heterocycles. The Hall–Kier alpha value is -1.03. The Labute approximate surface area is 133 Å². The van der Waals surface area contributed by atoms with Crippen LogP contribution >= 0.6 is 27.5 Å². The van der Waals surface area contributed by atoms with Gasteiger partial charge >= 0.3 is 0 Å². The topological polar surface area (TPSA) is 35.2 Å². The summed E-state index contributed by atoms with van der Waals surface area (Å²) in [5.74, 6) is 0.866. The van der Waals surface area contributed by atoms with Gasteiger partial charge in [0.25, 0.3) is 0 Å². The minimum atomic E-state index is -0.0793. The molecule has 0 heterocycles. The molecule has 0 fully saturated rings. The van der Waals surface area contributed by atoms with E-state index < -0.39 is 0 Å². The summed E-state index contributed by atoms with van der Waals surface area (Å²) in [6.45, 7) is 2.63. The molecule has 1 unspecified atom stereocenters. The van der Waals surface area contributed by atoms with E-state index in [-0.39, 0.29) is 6.04 Å². The SMILES string of the molecule is CCOc1ccc(C(N)Cc2ccc(Br)cc2Cl)cc1. The molecule has 0 radical (unpaired) electrons.